The second-order valence-corrected chi connectivity index (χ2v) is 4.74. The number of Topliss-reactive ketones (excluding diaryl/α,β-unsaturated/α-hetero) is 1. The zero-order valence-corrected chi connectivity index (χ0v) is 9.63. The Morgan fingerprint density at radius 3 is 2.50 bits per heavy atom. The maximum Gasteiger partial charge on any atom is 0.187 e. The zero-order valence-electron chi connectivity index (χ0n) is 8.87. The third kappa shape index (κ3) is 1.83. The van der Waals surface area contributed by atoms with Gasteiger partial charge >= 0.3 is 0 Å². The van der Waals surface area contributed by atoms with Crippen LogP contribution in [0.5, 0.6) is 0 Å². The van der Waals surface area contributed by atoms with E-state index in [-0.39, 0.29) is 5.78 Å². The Balaban J connectivity index is 2.35. The molecule has 0 aliphatic heterocycles. The lowest BCUT2D eigenvalue weighted by molar-refractivity contribution is -0.123. The van der Waals surface area contributed by atoms with Crippen molar-refractivity contribution in [3.8, 4) is 0 Å². The smallest absolute Gasteiger partial charge is 0.187 e. The minimum atomic E-state index is -0.848. The molecule has 1 fully saturated rings. The van der Waals surface area contributed by atoms with Crippen molar-refractivity contribution in [2.75, 3.05) is 0 Å². The molecule has 0 saturated heterocycles. The first-order valence-electron chi connectivity index (χ1n) is 5.37. The fourth-order valence-electron chi connectivity index (χ4n) is 2.10. The SMILES string of the molecule is [C-]#[N+]c1ccc(C2(Cl)CCCCC2=O)cc1. The molecule has 1 unspecified atom stereocenters. The predicted octanol–water partition coefficient (Wildman–Crippen LogP) is 3.81. The summed E-state index contributed by atoms with van der Waals surface area (Å²) < 4.78 is 0. The van der Waals surface area contributed by atoms with E-state index in [1.807, 2.05) is 0 Å². The number of alkyl halides is 1. The Morgan fingerprint density at radius 2 is 1.94 bits per heavy atom. The van der Waals surface area contributed by atoms with E-state index in [1.165, 1.54) is 0 Å². The van der Waals surface area contributed by atoms with Gasteiger partial charge in [0.15, 0.2) is 11.5 Å². The van der Waals surface area contributed by atoms with Crippen LogP contribution in [0, 0.1) is 6.57 Å². The molecule has 16 heavy (non-hydrogen) atoms. The van der Waals surface area contributed by atoms with Crippen LogP contribution in [-0.4, -0.2) is 5.78 Å². The average molecular weight is 234 g/mol. The van der Waals surface area contributed by atoms with Gasteiger partial charge in [-0.2, -0.15) is 0 Å². The molecule has 1 saturated carbocycles. The molecule has 0 N–H and O–H groups in total. The largest absolute Gasteiger partial charge is 0.297 e. The van der Waals surface area contributed by atoms with Crippen molar-refractivity contribution in [3.63, 3.8) is 0 Å². The van der Waals surface area contributed by atoms with Crippen molar-refractivity contribution in [3.05, 3.63) is 41.2 Å². The van der Waals surface area contributed by atoms with E-state index in [1.54, 1.807) is 24.3 Å². The lowest BCUT2D eigenvalue weighted by Crippen LogP contribution is -2.32. The highest BCUT2D eigenvalue weighted by Gasteiger charge is 2.39. The summed E-state index contributed by atoms with van der Waals surface area (Å²) >= 11 is 6.42. The molecule has 0 radical (unpaired) electrons. The topological polar surface area (TPSA) is 21.4 Å². The number of hydrogen-bond acceptors (Lipinski definition) is 1. The van der Waals surface area contributed by atoms with E-state index >= 15 is 0 Å². The van der Waals surface area contributed by atoms with Crippen LogP contribution in [0.2, 0.25) is 0 Å². The van der Waals surface area contributed by atoms with Gasteiger partial charge in [0.05, 0.1) is 6.57 Å². The second-order valence-electron chi connectivity index (χ2n) is 4.09. The fraction of sp³-hybridized carbons (Fsp3) is 0.385. The van der Waals surface area contributed by atoms with Gasteiger partial charge in [0.25, 0.3) is 0 Å². The summed E-state index contributed by atoms with van der Waals surface area (Å²) in [5, 5.41) is 0. The highest BCUT2D eigenvalue weighted by molar-refractivity contribution is 6.35. The van der Waals surface area contributed by atoms with Crippen molar-refractivity contribution >= 4 is 23.1 Å². The Morgan fingerprint density at radius 1 is 1.25 bits per heavy atom. The normalized spacial score (nSPS) is 25.1. The van der Waals surface area contributed by atoms with Gasteiger partial charge in [-0.05, 0) is 18.4 Å². The van der Waals surface area contributed by atoms with Gasteiger partial charge in [-0.15, -0.1) is 11.6 Å². The van der Waals surface area contributed by atoms with Gasteiger partial charge in [0, 0.05) is 6.42 Å². The standard InChI is InChI=1S/C13H12ClNO/c1-15-11-7-5-10(6-8-11)13(14)9-3-2-4-12(13)16/h5-8H,2-4,9H2. The van der Waals surface area contributed by atoms with Gasteiger partial charge in [-0.3, -0.25) is 4.79 Å². The van der Waals surface area contributed by atoms with E-state index in [2.05, 4.69) is 4.85 Å². The van der Waals surface area contributed by atoms with E-state index in [9.17, 15) is 4.79 Å². The van der Waals surface area contributed by atoms with Crippen LogP contribution in [0.15, 0.2) is 24.3 Å². The van der Waals surface area contributed by atoms with Gasteiger partial charge in [0.2, 0.25) is 0 Å². The molecule has 1 aliphatic carbocycles. The van der Waals surface area contributed by atoms with E-state index < -0.39 is 4.87 Å². The number of rotatable bonds is 1. The number of ketones is 1. The van der Waals surface area contributed by atoms with Crippen LogP contribution in [0.4, 0.5) is 5.69 Å². The number of nitrogens with zero attached hydrogens (tertiary/aromatic N) is 1. The highest BCUT2D eigenvalue weighted by Crippen LogP contribution is 2.40. The number of halogens is 1. The van der Waals surface area contributed by atoms with Crippen molar-refractivity contribution in [1.82, 2.24) is 0 Å². The molecule has 1 atom stereocenters. The van der Waals surface area contributed by atoms with Crippen LogP contribution < -0.4 is 0 Å². The van der Waals surface area contributed by atoms with Crippen molar-refractivity contribution in [1.29, 1.82) is 0 Å². The van der Waals surface area contributed by atoms with Crippen molar-refractivity contribution in [2.24, 2.45) is 0 Å². The van der Waals surface area contributed by atoms with E-state index in [0.29, 0.717) is 18.5 Å². The monoisotopic (exact) mass is 233 g/mol. The molecule has 0 amide bonds. The molecule has 0 aromatic heterocycles. The lowest BCUT2D eigenvalue weighted by Gasteiger charge is -2.30. The van der Waals surface area contributed by atoms with E-state index in [0.717, 1.165) is 18.4 Å². The molecule has 3 heteroatoms. The summed E-state index contributed by atoms with van der Waals surface area (Å²) in [5.74, 6) is 0.107. The fourth-order valence-corrected chi connectivity index (χ4v) is 2.45. The highest BCUT2D eigenvalue weighted by atomic mass is 35.5. The average Bonchev–Trinajstić information content (AvgIpc) is 2.33. The summed E-state index contributed by atoms with van der Waals surface area (Å²) in [5.41, 5.74) is 1.40. The molecular formula is C13H12ClNO. The molecule has 1 aliphatic rings. The van der Waals surface area contributed by atoms with Gasteiger partial charge < -0.3 is 0 Å². The number of carbonyl (C=O) groups excluding carboxylic acids is 1. The quantitative estimate of drug-likeness (QED) is 0.534. The third-order valence-corrected chi connectivity index (χ3v) is 3.69. The summed E-state index contributed by atoms with van der Waals surface area (Å²) in [4.78, 5) is 14.4. The minimum Gasteiger partial charge on any atom is -0.297 e. The number of benzene rings is 1. The Hall–Kier alpha value is -1.33. The molecule has 0 bridgehead atoms. The molecule has 2 nitrogen and oxygen atoms in total. The van der Waals surface area contributed by atoms with Crippen LogP contribution in [0.1, 0.15) is 31.2 Å². The Kier molecular flexibility index (Phi) is 2.98. The summed E-state index contributed by atoms with van der Waals surface area (Å²) in [6, 6.07) is 7.02. The minimum absolute atomic E-state index is 0.107. The molecule has 0 heterocycles. The van der Waals surface area contributed by atoms with Crippen LogP contribution in [0.25, 0.3) is 4.85 Å². The lowest BCUT2D eigenvalue weighted by atomic mass is 9.82. The number of carbonyl (C=O) groups is 1. The molecule has 1 aromatic carbocycles. The van der Waals surface area contributed by atoms with Crippen LogP contribution in [0.3, 0.4) is 0 Å². The van der Waals surface area contributed by atoms with Gasteiger partial charge in [-0.1, -0.05) is 30.7 Å². The molecular weight excluding hydrogens is 222 g/mol. The van der Waals surface area contributed by atoms with E-state index in [4.69, 9.17) is 18.2 Å². The first kappa shape index (κ1) is 11.2. The van der Waals surface area contributed by atoms with Crippen LogP contribution in [-0.2, 0) is 9.67 Å². The van der Waals surface area contributed by atoms with Crippen LogP contribution >= 0.6 is 11.6 Å². The Labute approximate surface area is 100 Å². The van der Waals surface area contributed by atoms with Gasteiger partial charge in [-0.25, -0.2) is 4.85 Å². The Bertz CT molecular complexity index is 446. The summed E-state index contributed by atoms with van der Waals surface area (Å²) in [7, 11) is 0. The first-order chi connectivity index (χ1) is 7.66. The predicted molar refractivity (Wildman–Crippen MR) is 63.7 cm³/mol. The van der Waals surface area contributed by atoms with Gasteiger partial charge in [0.1, 0.15) is 4.87 Å². The first-order valence-corrected chi connectivity index (χ1v) is 5.75. The zero-order chi connectivity index (χ0) is 11.6. The molecule has 2 rings (SSSR count). The second kappa shape index (κ2) is 4.27. The summed E-state index contributed by atoms with van der Waals surface area (Å²) in [6.07, 6.45) is 3.19. The maximum atomic E-state index is 11.9. The summed E-state index contributed by atoms with van der Waals surface area (Å²) in [6.45, 7) is 6.87. The van der Waals surface area contributed by atoms with Crippen molar-refractivity contribution < 1.29 is 4.79 Å². The number of hydrogen-bond donors (Lipinski definition) is 0. The molecule has 1 aromatic rings. The molecule has 82 valence electrons. The van der Waals surface area contributed by atoms with Crippen molar-refractivity contribution in [2.45, 2.75) is 30.6 Å². The maximum absolute atomic E-state index is 11.9. The third-order valence-electron chi connectivity index (χ3n) is 3.07. The molecule has 0 spiro atoms.